The highest BCUT2D eigenvalue weighted by atomic mass is 32.2. The third kappa shape index (κ3) is 4.47. The summed E-state index contributed by atoms with van der Waals surface area (Å²) in [6, 6.07) is 17.5. The fourth-order valence-corrected chi connectivity index (χ4v) is 4.81. The summed E-state index contributed by atoms with van der Waals surface area (Å²) in [6.07, 6.45) is 2.79. The summed E-state index contributed by atoms with van der Waals surface area (Å²) >= 11 is 2.84. The Hall–Kier alpha value is -3.17. The zero-order valence-corrected chi connectivity index (χ0v) is 18.0. The second-order valence-corrected chi connectivity index (χ2v) is 8.82. The fourth-order valence-electron chi connectivity index (χ4n) is 3.36. The van der Waals surface area contributed by atoms with Gasteiger partial charge in [0.1, 0.15) is 11.5 Å². The zero-order chi connectivity index (χ0) is 21.0. The standard InChI is InChI=1S/C22H18N4O3S2/c27-21(14-31-22-24-23-20(29-22)12-15-6-2-1-3-7-15)26-17(19-9-5-11-30-19)13-16(25-26)18-8-4-10-28-18/h1-11,17H,12-14H2. The number of carbonyl (C=O) groups excluding carboxylic acids is 1. The number of thiophene rings is 1. The number of amides is 1. The molecule has 1 amide bonds. The minimum atomic E-state index is -0.135. The first kappa shape index (κ1) is 19.8. The highest BCUT2D eigenvalue weighted by Crippen LogP contribution is 2.35. The van der Waals surface area contributed by atoms with Crippen LogP contribution in [0.15, 0.2) is 85.4 Å². The predicted octanol–water partition coefficient (Wildman–Crippen LogP) is 4.78. The Morgan fingerprint density at radius 2 is 2.03 bits per heavy atom. The first-order valence-electron chi connectivity index (χ1n) is 9.72. The van der Waals surface area contributed by atoms with Crippen molar-refractivity contribution in [2.24, 2.45) is 5.10 Å². The number of rotatable bonds is 7. The van der Waals surface area contributed by atoms with Gasteiger partial charge in [0.2, 0.25) is 5.89 Å². The number of furan rings is 1. The fraction of sp³-hybridized carbons (Fsp3) is 0.182. The van der Waals surface area contributed by atoms with E-state index in [4.69, 9.17) is 8.83 Å². The Balaban J connectivity index is 1.26. The van der Waals surface area contributed by atoms with Crippen LogP contribution in [-0.4, -0.2) is 32.6 Å². The number of hydrazone groups is 1. The van der Waals surface area contributed by atoms with E-state index in [0.717, 1.165) is 16.2 Å². The molecule has 0 aliphatic carbocycles. The van der Waals surface area contributed by atoms with Crippen LogP contribution in [0.3, 0.4) is 0 Å². The molecule has 0 fully saturated rings. The van der Waals surface area contributed by atoms with E-state index < -0.39 is 0 Å². The van der Waals surface area contributed by atoms with Crippen LogP contribution >= 0.6 is 23.1 Å². The largest absolute Gasteiger partial charge is 0.463 e. The lowest BCUT2D eigenvalue weighted by atomic mass is 10.1. The van der Waals surface area contributed by atoms with Crippen molar-refractivity contribution in [2.45, 2.75) is 24.1 Å². The number of carbonyl (C=O) groups is 1. The van der Waals surface area contributed by atoms with Gasteiger partial charge in [0.05, 0.1) is 24.5 Å². The van der Waals surface area contributed by atoms with Gasteiger partial charge in [-0.15, -0.1) is 21.5 Å². The highest BCUT2D eigenvalue weighted by molar-refractivity contribution is 7.99. The molecule has 4 heterocycles. The van der Waals surface area contributed by atoms with E-state index in [1.165, 1.54) is 11.8 Å². The lowest BCUT2D eigenvalue weighted by Crippen LogP contribution is -2.28. The van der Waals surface area contributed by atoms with E-state index in [1.54, 1.807) is 22.6 Å². The predicted molar refractivity (Wildman–Crippen MR) is 118 cm³/mol. The molecule has 4 aromatic rings. The van der Waals surface area contributed by atoms with Crippen molar-refractivity contribution in [3.8, 4) is 0 Å². The molecule has 1 aromatic carbocycles. The summed E-state index contributed by atoms with van der Waals surface area (Å²) in [5.41, 5.74) is 1.86. The van der Waals surface area contributed by atoms with Crippen LogP contribution in [-0.2, 0) is 11.2 Å². The van der Waals surface area contributed by atoms with Crippen LogP contribution in [0.5, 0.6) is 0 Å². The molecule has 0 spiro atoms. The van der Waals surface area contributed by atoms with Gasteiger partial charge in [-0.25, -0.2) is 5.01 Å². The molecule has 5 rings (SSSR count). The van der Waals surface area contributed by atoms with Gasteiger partial charge in [0, 0.05) is 11.3 Å². The SMILES string of the molecule is O=C(CSc1nnc(Cc2ccccc2)o1)N1N=C(c2ccco2)CC1c1cccs1. The molecule has 9 heteroatoms. The Morgan fingerprint density at radius 1 is 1.13 bits per heavy atom. The normalized spacial score (nSPS) is 15.9. The second kappa shape index (κ2) is 8.91. The molecule has 1 atom stereocenters. The number of nitrogens with zero attached hydrogens (tertiary/aromatic N) is 4. The van der Waals surface area contributed by atoms with Crippen molar-refractivity contribution < 1.29 is 13.6 Å². The van der Waals surface area contributed by atoms with Gasteiger partial charge >= 0.3 is 0 Å². The van der Waals surface area contributed by atoms with Crippen LogP contribution in [0.25, 0.3) is 0 Å². The van der Waals surface area contributed by atoms with Crippen molar-refractivity contribution in [1.82, 2.24) is 15.2 Å². The molecule has 0 radical (unpaired) electrons. The van der Waals surface area contributed by atoms with Gasteiger partial charge in [0.25, 0.3) is 11.1 Å². The van der Waals surface area contributed by atoms with Crippen LogP contribution in [0.4, 0.5) is 0 Å². The van der Waals surface area contributed by atoms with Gasteiger partial charge in [0.15, 0.2) is 0 Å². The third-order valence-electron chi connectivity index (χ3n) is 4.81. The molecule has 1 aliphatic heterocycles. The van der Waals surface area contributed by atoms with Gasteiger partial charge in [-0.3, -0.25) is 4.79 Å². The van der Waals surface area contributed by atoms with Crippen LogP contribution in [0.1, 0.15) is 34.6 Å². The monoisotopic (exact) mass is 450 g/mol. The van der Waals surface area contributed by atoms with Crippen LogP contribution < -0.4 is 0 Å². The quantitative estimate of drug-likeness (QED) is 0.377. The van der Waals surface area contributed by atoms with E-state index in [-0.39, 0.29) is 17.7 Å². The maximum absolute atomic E-state index is 13.0. The summed E-state index contributed by atoms with van der Waals surface area (Å²) in [4.78, 5) is 14.1. The van der Waals surface area contributed by atoms with Gasteiger partial charge in [-0.05, 0) is 29.1 Å². The van der Waals surface area contributed by atoms with Crippen LogP contribution in [0.2, 0.25) is 0 Å². The molecule has 7 nitrogen and oxygen atoms in total. The molecule has 3 aromatic heterocycles. The number of hydrogen-bond acceptors (Lipinski definition) is 8. The Bertz CT molecular complexity index is 1170. The summed E-state index contributed by atoms with van der Waals surface area (Å²) in [6.45, 7) is 0. The maximum Gasteiger partial charge on any atom is 0.277 e. The first-order chi connectivity index (χ1) is 15.3. The van der Waals surface area contributed by atoms with Gasteiger partial charge < -0.3 is 8.83 Å². The Morgan fingerprint density at radius 3 is 2.81 bits per heavy atom. The average molecular weight is 451 g/mol. The van der Waals surface area contributed by atoms with Gasteiger partial charge in [-0.2, -0.15) is 5.10 Å². The molecule has 0 N–H and O–H groups in total. The number of thioether (sulfide) groups is 1. The minimum Gasteiger partial charge on any atom is -0.463 e. The molecule has 1 unspecified atom stereocenters. The molecule has 156 valence electrons. The number of aromatic nitrogens is 2. The lowest BCUT2D eigenvalue weighted by molar-refractivity contribution is -0.130. The smallest absolute Gasteiger partial charge is 0.277 e. The summed E-state index contributed by atoms with van der Waals surface area (Å²) in [7, 11) is 0. The third-order valence-corrected chi connectivity index (χ3v) is 6.59. The first-order valence-corrected chi connectivity index (χ1v) is 11.6. The molecule has 0 saturated heterocycles. The van der Waals surface area contributed by atoms with E-state index in [9.17, 15) is 4.79 Å². The van der Waals surface area contributed by atoms with E-state index >= 15 is 0 Å². The molecule has 31 heavy (non-hydrogen) atoms. The molecular formula is C22H18N4O3S2. The maximum atomic E-state index is 13.0. The van der Waals surface area contributed by atoms with Crippen molar-refractivity contribution in [2.75, 3.05) is 5.75 Å². The topological polar surface area (TPSA) is 84.7 Å². The van der Waals surface area contributed by atoms with Crippen molar-refractivity contribution in [3.63, 3.8) is 0 Å². The van der Waals surface area contributed by atoms with Crippen molar-refractivity contribution in [1.29, 1.82) is 0 Å². The molecule has 0 bridgehead atoms. The average Bonchev–Trinajstić information content (AvgIpc) is 3.59. The minimum absolute atomic E-state index is 0.118. The zero-order valence-electron chi connectivity index (χ0n) is 16.4. The van der Waals surface area contributed by atoms with Crippen LogP contribution in [0, 0.1) is 0 Å². The molecular weight excluding hydrogens is 432 g/mol. The lowest BCUT2D eigenvalue weighted by Gasteiger charge is -2.20. The Labute approximate surface area is 186 Å². The van der Waals surface area contributed by atoms with E-state index in [2.05, 4.69) is 15.3 Å². The summed E-state index contributed by atoms with van der Waals surface area (Å²) in [5.74, 6) is 1.25. The van der Waals surface area contributed by atoms with Crippen molar-refractivity contribution >= 4 is 34.7 Å². The van der Waals surface area contributed by atoms with Gasteiger partial charge in [-0.1, -0.05) is 48.2 Å². The number of benzene rings is 1. The molecule has 0 saturated carbocycles. The molecule has 1 aliphatic rings. The second-order valence-electron chi connectivity index (χ2n) is 6.91. The summed E-state index contributed by atoms with van der Waals surface area (Å²) in [5, 5.41) is 16.7. The highest BCUT2D eigenvalue weighted by Gasteiger charge is 2.34. The van der Waals surface area contributed by atoms with E-state index in [1.807, 2.05) is 60.0 Å². The van der Waals surface area contributed by atoms with E-state index in [0.29, 0.717) is 29.7 Å². The summed E-state index contributed by atoms with van der Waals surface area (Å²) < 4.78 is 11.2. The van der Waals surface area contributed by atoms with Crippen molar-refractivity contribution in [3.05, 3.63) is 88.3 Å². The Kier molecular flexibility index (Phi) is 5.68. The number of hydrogen-bond donors (Lipinski definition) is 0.